The van der Waals surface area contributed by atoms with Gasteiger partial charge >= 0.3 is 0 Å². The molecular weight excluding hydrogens is 174 g/mol. The van der Waals surface area contributed by atoms with Gasteiger partial charge in [0.05, 0.1) is 5.60 Å². The van der Waals surface area contributed by atoms with E-state index in [0.29, 0.717) is 12.0 Å². The van der Waals surface area contributed by atoms with Gasteiger partial charge in [0.25, 0.3) is 0 Å². The fourth-order valence-corrected chi connectivity index (χ4v) is 3.19. The van der Waals surface area contributed by atoms with Crippen LogP contribution < -0.4 is 5.73 Å². The second kappa shape index (κ2) is 4.19. The molecule has 0 saturated heterocycles. The van der Waals surface area contributed by atoms with Crippen molar-refractivity contribution < 1.29 is 5.11 Å². The van der Waals surface area contributed by atoms with Gasteiger partial charge in [-0.1, -0.05) is 19.3 Å². The molecule has 2 rings (SSSR count). The van der Waals surface area contributed by atoms with Crippen molar-refractivity contribution in [3.63, 3.8) is 0 Å². The molecule has 0 aliphatic heterocycles. The van der Waals surface area contributed by atoms with E-state index in [1.807, 2.05) is 0 Å². The van der Waals surface area contributed by atoms with Crippen LogP contribution in [0.15, 0.2) is 0 Å². The van der Waals surface area contributed by atoms with E-state index in [-0.39, 0.29) is 5.60 Å². The molecule has 14 heavy (non-hydrogen) atoms. The summed E-state index contributed by atoms with van der Waals surface area (Å²) in [6.45, 7) is 0. The van der Waals surface area contributed by atoms with Gasteiger partial charge in [-0.25, -0.2) is 0 Å². The summed E-state index contributed by atoms with van der Waals surface area (Å²) in [7, 11) is 0. The Morgan fingerprint density at radius 2 is 1.50 bits per heavy atom. The van der Waals surface area contributed by atoms with Gasteiger partial charge in [0.2, 0.25) is 0 Å². The molecule has 0 atom stereocenters. The molecule has 2 aliphatic rings. The van der Waals surface area contributed by atoms with Gasteiger partial charge in [-0.15, -0.1) is 0 Å². The van der Waals surface area contributed by atoms with E-state index < -0.39 is 0 Å². The SMILES string of the molecule is NC1CCC(O)(C2CCCCC2)CC1. The Morgan fingerprint density at radius 3 is 2.07 bits per heavy atom. The third-order valence-electron chi connectivity index (χ3n) is 4.26. The summed E-state index contributed by atoms with van der Waals surface area (Å²) in [5, 5.41) is 10.6. The van der Waals surface area contributed by atoms with Gasteiger partial charge in [0, 0.05) is 6.04 Å². The maximum atomic E-state index is 10.6. The molecule has 0 bridgehead atoms. The van der Waals surface area contributed by atoms with Crippen molar-refractivity contribution in [2.75, 3.05) is 0 Å². The first-order chi connectivity index (χ1) is 6.71. The third-order valence-corrected chi connectivity index (χ3v) is 4.26. The minimum Gasteiger partial charge on any atom is -0.390 e. The topological polar surface area (TPSA) is 46.2 Å². The maximum Gasteiger partial charge on any atom is 0.0677 e. The summed E-state index contributed by atoms with van der Waals surface area (Å²) in [4.78, 5) is 0. The molecule has 0 aromatic rings. The van der Waals surface area contributed by atoms with Crippen LogP contribution in [0.25, 0.3) is 0 Å². The summed E-state index contributed by atoms with van der Waals surface area (Å²) in [5.41, 5.74) is 5.52. The van der Waals surface area contributed by atoms with Crippen LogP contribution in [0, 0.1) is 5.92 Å². The van der Waals surface area contributed by atoms with E-state index in [0.717, 1.165) is 25.7 Å². The van der Waals surface area contributed by atoms with Crippen molar-refractivity contribution in [2.45, 2.75) is 69.4 Å². The van der Waals surface area contributed by atoms with Gasteiger partial charge in [-0.2, -0.15) is 0 Å². The molecule has 0 aromatic carbocycles. The standard InChI is InChI=1S/C12H23NO/c13-11-6-8-12(14,9-7-11)10-4-2-1-3-5-10/h10-11,14H,1-9,13H2. The number of nitrogens with two attached hydrogens (primary N) is 1. The first-order valence-electron chi connectivity index (χ1n) is 6.19. The Balaban J connectivity index is 1.93. The molecule has 0 aromatic heterocycles. The monoisotopic (exact) mass is 197 g/mol. The fourth-order valence-electron chi connectivity index (χ4n) is 3.19. The molecule has 2 nitrogen and oxygen atoms in total. The average Bonchev–Trinajstić information content (AvgIpc) is 2.24. The number of rotatable bonds is 1. The van der Waals surface area contributed by atoms with E-state index >= 15 is 0 Å². The number of aliphatic hydroxyl groups is 1. The van der Waals surface area contributed by atoms with Crippen molar-refractivity contribution in [3.05, 3.63) is 0 Å². The first-order valence-corrected chi connectivity index (χ1v) is 6.19. The maximum absolute atomic E-state index is 10.6. The van der Waals surface area contributed by atoms with Crippen LogP contribution in [-0.2, 0) is 0 Å². The van der Waals surface area contributed by atoms with Crippen LogP contribution in [0.1, 0.15) is 57.8 Å². The van der Waals surface area contributed by atoms with Crippen molar-refractivity contribution >= 4 is 0 Å². The second-order valence-corrected chi connectivity index (χ2v) is 5.28. The summed E-state index contributed by atoms with van der Waals surface area (Å²) < 4.78 is 0. The normalized spacial score (nSPS) is 41.1. The molecule has 0 radical (unpaired) electrons. The van der Waals surface area contributed by atoms with Crippen molar-refractivity contribution in [2.24, 2.45) is 11.7 Å². The summed E-state index contributed by atoms with van der Waals surface area (Å²) in [6, 6.07) is 0.346. The highest BCUT2D eigenvalue weighted by Crippen LogP contribution is 2.41. The van der Waals surface area contributed by atoms with E-state index in [2.05, 4.69) is 0 Å². The lowest BCUT2D eigenvalue weighted by molar-refractivity contribution is -0.0640. The van der Waals surface area contributed by atoms with Gasteiger partial charge in [-0.05, 0) is 44.4 Å². The Hall–Kier alpha value is -0.0800. The van der Waals surface area contributed by atoms with Gasteiger partial charge in [-0.3, -0.25) is 0 Å². The molecule has 0 unspecified atom stereocenters. The van der Waals surface area contributed by atoms with Gasteiger partial charge in [0.15, 0.2) is 0 Å². The van der Waals surface area contributed by atoms with E-state index in [4.69, 9.17) is 5.73 Å². The van der Waals surface area contributed by atoms with Crippen LogP contribution in [-0.4, -0.2) is 16.7 Å². The Morgan fingerprint density at radius 1 is 0.929 bits per heavy atom. The average molecular weight is 197 g/mol. The lowest BCUT2D eigenvalue weighted by atomic mass is 9.69. The summed E-state index contributed by atoms with van der Waals surface area (Å²) in [6.07, 6.45) is 10.4. The molecule has 0 heterocycles. The van der Waals surface area contributed by atoms with Crippen LogP contribution in [0.5, 0.6) is 0 Å². The van der Waals surface area contributed by atoms with Gasteiger partial charge in [0.1, 0.15) is 0 Å². The molecule has 2 aliphatic carbocycles. The fraction of sp³-hybridized carbons (Fsp3) is 1.00. The number of hydrogen-bond acceptors (Lipinski definition) is 2. The second-order valence-electron chi connectivity index (χ2n) is 5.28. The van der Waals surface area contributed by atoms with E-state index in [1.54, 1.807) is 0 Å². The Bertz CT molecular complexity index is 179. The van der Waals surface area contributed by atoms with Gasteiger partial charge < -0.3 is 10.8 Å². The molecule has 0 amide bonds. The lowest BCUT2D eigenvalue weighted by Crippen LogP contribution is -2.45. The smallest absolute Gasteiger partial charge is 0.0677 e. The highest BCUT2D eigenvalue weighted by atomic mass is 16.3. The highest BCUT2D eigenvalue weighted by molar-refractivity contribution is 4.93. The lowest BCUT2D eigenvalue weighted by Gasteiger charge is -2.42. The highest BCUT2D eigenvalue weighted by Gasteiger charge is 2.39. The van der Waals surface area contributed by atoms with Crippen LogP contribution in [0.2, 0.25) is 0 Å². The number of hydrogen-bond donors (Lipinski definition) is 2. The van der Waals surface area contributed by atoms with Crippen LogP contribution in [0.3, 0.4) is 0 Å². The third kappa shape index (κ3) is 2.12. The molecule has 0 spiro atoms. The molecular formula is C12H23NO. The summed E-state index contributed by atoms with van der Waals surface area (Å²) >= 11 is 0. The Labute approximate surface area is 86.9 Å². The molecule has 2 heteroatoms. The largest absolute Gasteiger partial charge is 0.390 e. The van der Waals surface area contributed by atoms with E-state index in [9.17, 15) is 5.11 Å². The minimum atomic E-state index is -0.351. The quantitative estimate of drug-likeness (QED) is 0.677. The minimum absolute atomic E-state index is 0.346. The van der Waals surface area contributed by atoms with Crippen LogP contribution >= 0.6 is 0 Å². The van der Waals surface area contributed by atoms with Crippen molar-refractivity contribution in [1.29, 1.82) is 0 Å². The Kier molecular flexibility index (Phi) is 3.13. The van der Waals surface area contributed by atoms with E-state index in [1.165, 1.54) is 32.1 Å². The molecule has 3 N–H and O–H groups in total. The van der Waals surface area contributed by atoms with Crippen LogP contribution in [0.4, 0.5) is 0 Å². The first kappa shape index (κ1) is 10.4. The predicted octanol–water partition coefficient (Wildman–Crippen LogP) is 2.20. The molecule has 82 valence electrons. The summed E-state index contributed by atoms with van der Waals surface area (Å²) in [5.74, 6) is 0.573. The zero-order valence-electron chi connectivity index (χ0n) is 9.04. The zero-order chi connectivity index (χ0) is 10.0. The zero-order valence-corrected chi connectivity index (χ0v) is 9.04. The van der Waals surface area contributed by atoms with Crippen molar-refractivity contribution in [1.82, 2.24) is 0 Å². The predicted molar refractivity (Wildman–Crippen MR) is 58.0 cm³/mol. The van der Waals surface area contributed by atoms with Crippen molar-refractivity contribution in [3.8, 4) is 0 Å². The molecule has 2 fully saturated rings. The molecule has 2 saturated carbocycles.